The molecule has 28 heavy (non-hydrogen) atoms. The Morgan fingerprint density at radius 2 is 1.93 bits per heavy atom. The molecule has 0 saturated heterocycles. The Kier molecular flexibility index (Phi) is 6.83. The van der Waals surface area contributed by atoms with E-state index < -0.39 is 24.6 Å². The molecule has 0 unspecified atom stereocenters. The van der Waals surface area contributed by atoms with Crippen LogP contribution >= 0.6 is 11.3 Å². The number of nitrogens with one attached hydrogen (secondary N) is 1. The Morgan fingerprint density at radius 3 is 2.46 bits per heavy atom. The molecule has 0 atom stereocenters. The minimum Gasteiger partial charge on any atom is -0.460 e. The smallest absolute Gasteiger partial charge is 0.406 e. The van der Waals surface area contributed by atoms with Gasteiger partial charge in [-0.05, 0) is 26.3 Å². The number of amides is 1. The minimum atomic E-state index is -4.62. The number of alkyl halides is 3. The monoisotopic (exact) mass is 419 g/mol. The Bertz CT molecular complexity index is 860. The summed E-state index contributed by atoms with van der Waals surface area (Å²) in [5.41, 5.74) is 1.03. The highest BCUT2D eigenvalue weighted by molar-refractivity contribution is 7.14. The summed E-state index contributed by atoms with van der Waals surface area (Å²) in [5, 5.41) is 1.48. The van der Waals surface area contributed by atoms with Crippen LogP contribution in [0.2, 0.25) is 0 Å². The van der Waals surface area contributed by atoms with Crippen molar-refractivity contribution in [1.29, 1.82) is 0 Å². The van der Waals surface area contributed by atoms with Gasteiger partial charge in [-0.1, -0.05) is 0 Å². The predicted octanol–water partition coefficient (Wildman–Crippen LogP) is 3.41. The summed E-state index contributed by atoms with van der Waals surface area (Å²) in [4.78, 5) is 32.4. The highest BCUT2D eigenvalue weighted by Gasteiger charge is 2.37. The van der Waals surface area contributed by atoms with E-state index >= 15 is 0 Å². The normalized spacial score (nSPS) is 11.5. The van der Waals surface area contributed by atoms with E-state index in [-0.39, 0.29) is 35.2 Å². The van der Waals surface area contributed by atoms with E-state index in [1.807, 2.05) is 0 Å². The number of halogens is 3. The first kappa shape index (κ1) is 21.9. The van der Waals surface area contributed by atoms with E-state index in [1.54, 1.807) is 19.2 Å². The average molecular weight is 419 g/mol. The fraction of sp³-hybridized carbons (Fsp3) is 0.471. The molecule has 0 saturated carbocycles. The second-order valence-electron chi connectivity index (χ2n) is 6.03. The van der Waals surface area contributed by atoms with Crippen molar-refractivity contribution in [2.24, 2.45) is 0 Å². The van der Waals surface area contributed by atoms with Crippen LogP contribution in [0, 0.1) is 20.8 Å². The van der Waals surface area contributed by atoms with E-state index in [4.69, 9.17) is 9.47 Å². The third kappa shape index (κ3) is 5.10. The summed E-state index contributed by atoms with van der Waals surface area (Å²) < 4.78 is 49.0. The number of H-pyrrole nitrogens is 1. The van der Waals surface area contributed by atoms with Crippen LogP contribution in [-0.2, 0) is 9.47 Å². The zero-order valence-corrected chi connectivity index (χ0v) is 16.6. The van der Waals surface area contributed by atoms with Gasteiger partial charge >= 0.3 is 12.1 Å². The van der Waals surface area contributed by atoms with Gasteiger partial charge in [0.05, 0.1) is 17.9 Å². The highest BCUT2D eigenvalue weighted by atomic mass is 32.1. The zero-order valence-electron chi connectivity index (χ0n) is 15.8. The lowest BCUT2D eigenvalue weighted by atomic mass is 10.1. The molecular formula is C17H20F3N3O4S. The number of esters is 1. The van der Waals surface area contributed by atoms with Crippen molar-refractivity contribution in [1.82, 2.24) is 9.97 Å². The van der Waals surface area contributed by atoms with Crippen molar-refractivity contribution in [3.8, 4) is 0 Å². The van der Waals surface area contributed by atoms with E-state index in [1.165, 1.54) is 14.0 Å². The number of thiazole rings is 1. The molecule has 154 valence electrons. The van der Waals surface area contributed by atoms with Crippen LogP contribution in [0.4, 0.5) is 18.3 Å². The lowest BCUT2D eigenvalue weighted by molar-refractivity contribution is -0.118. The molecule has 2 aromatic heterocycles. The van der Waals surface area contributed by atoms with Crippen molar-refractivity contribution < 1.29 is 32.2 Å². The third-order valence-electron chi connectivity index (χ3n) is 3.80. The van der Waals surface area contributed by atoms with Gasteiger partial charge in [0.2, 0.25) is 0 Å². The number of carbonyl (C=O) groups excluding carboxylic acids is 2. The summed E-state index contributed by atoms with van der Waals surface area (Å²) in [5.74, 6) is -1.61. The summed E-state index contributed by atoms with van der Waals surface area (Å²) in [7, 11) is 1.45. The Labute approximate surface area is 163 Å². The second kappa shape index (κ2) is 8.74. The van der Waals surface area contributed by atoms with Gasteiger partial charge in [0.1, 0.15) is 18.8 Å². The molecular weight excluding hydrogens is 399 g/mol. The first-order valence-electron chi connectivity index (χ1n) is 8.21. The van der Waals surface area contributed by atoms with Crippen molar-refractivity contribution in [3.63, 3.8) is 0 Å². The lowest BCUT2D eigenvalue weighted by Gasteiger charge is -2.21. The molecule has 2 aromatic rings. The standard InChI is InChI=1S/C17H20F3N3O4S/c1-9-7-28-16(21-9)23(8-17(18,19)20)14(24)13-10(2)12(11(3)22-13)15(25)27-6-5-26-4/h7,22H,5-6,8H2,1-4H3. The number of methoxy groups -OCH3 is 1. The maximum Gasteiger partial charge on any atom is 0.406 e. The second-order valence-corrected chi connectivity index (χ2v) is 6.87. The van der Waals surface area contributed by atoms with Crippen LogP contribution in [0.15, 0.2) is 5.38 Å². The molecule has 0 spiro atoms. The fourth-order valence-electron chi connectivity index (χ4n) is 2.57. The number of aromatic amines is 1. The number of anilines is 1. The summed E-state index contributed by atoms with van der Waals surface area (Å²) in [6.07, 6.45) is -4.62. The van der Waals surface area contributed by atoms with Crippen LogP contribution in [0.25, 0.3) is 0 Å². The quantitative estimate of drug-likeness (QED) is 0.549. The van der Waals surface area contributed by atoms with Crippen molar-refractivity contribution in [3.05, 3.63) is 33.6 Å². The number of ether oxygens (including phenoxy) is 2. The van der Waals surface area contributed by atoms with Gasteiger partial charge < -0.3 is 14.5 Å². The van der Waals surface area contributed by atoms with E-state index in [0.717, 1.165) is 11.3 Å². The van der Waals surface area contributed by atoms with Crippen molar-refractivity contribution in [2.75, 3.05) is 31.8 Å². The van der Waals surface area contributed by atoms with Gasteiger partial charge in [-0.25, -0.2) is 9.78 Å². The van der Waals surface area contributed by atoms with Crippen LogP contribution in [0.3, 0.4) is 0 Å². The van der Waals surface area contributed by atoms with Gasteiger partial charge in [-0.15, -0.1) is 11.3 Å². The van der Waals surface area contributed by atoms with Crippen LogP contribution in [-0.4, -0.2) is 54.9 Å². The molecule has 2 rings (SSSR count). The highest BCUT2D eigenvalue weighted by Crippen LogP contribution is 2.28. The van der Waals surface area contributed by atoms with Crippen molar-refractivity contribution in [2.45, 2.75) is 26.9 Å². The summed E-state index contributed by atoms with van der Waals surface area (Å²) in [6.45, 7) is 3.35. The Hall–Kier alpha value is -2.40. The molecule has 0 aromatic carbocycles. The number of carbonyl (C=O) groups is 2. The van der Waals surface area contributed by atoms with Gasteiger partial charge in [-0.3, -0.25) is 9.69 Å². The maximum atomic E-state index is 13.0. The van der Waals surface area contributed by atoms with Gasteiger partial charge in [0.25, 0.3) is 5.91 Å². The minimum absolute atomic E-state index is 0.0151. The van der Waals surface area contributed by atoms with Crippen molar-refractivity contribution >= 4 is 28.3 Å². The molecule has 1 amide bonds. The summed E-state index contributed by atoms with van der Waals surface area (Å²) in [6, 6.07) is 0. The number of hydrogen-bond acceptors (Lipinski definition) is 6. The molecule has 0 radical (unpaired) electrons. The molecule has 0 bridgehead atoms. The number of rotatable bonds is 7. The lowest BCUT2D eigenvalue weighted by Crippen LogP contribution is -2.39. The zero-order chi connectivity index (χ0) is 21.1. The molecule has 11 heteroatoms. The average Bonchev–Trinajstić information content (AvgIpc) is 3.14. The first-order chi connectivity index (χ1) is 13.0. The Morgan fingerprint density at radius 1 is 1.25 bits per heavy atom. The first-order valence-corrected chi connectivity index (χ1v) is 9.09. The molecule has 1 N–H and O–H groups in total. The van der Waals surface area contributed by atoms with Crippen LogP contribution in [0.1, 0.15) is 37.8 Å². The predicted molar refractivity (Wildman–Crippen MR) is 97.0 cm³/mol. The largest absolute Gasteiger partial charge is 0.460 e. The molecule has 0 aliphatic heterocycles. The van der Waals surface area contributed by atoms with Crippen LogP contribution < -0.4 is 4.90 Å². The number of nitrogens with zero attached hydrogens (tertiary/aromatic N) is 2. The van der Waals surface area contributed by atoms with Gasteiger partial charge in [0, 0.05) is 18.2 Å². The van der Waals surface area contributed by atoms with Gasteiger partial charge in [-0.2, -0.15) is 13.2 Å². The third-order valence-corrected chi connectivity index (χ3v) is 4.78. The maximum absolute atomic E-state index is 13.0. The van der Waals surface area contributed by atoms with E-state index in [9.17, 15) is 22.8 Å². The topological polar surface area (TPSA) is 84.5 Å². The van der Waals surface area contributed by atoms with E-state index in [2.05, 4.69) is 9.97 Å². The summed E-state index contributed by atoms with van der Waals surface area (Å²) >= 11 is 0.933. The molecule has 0 aliphatic carbocycles. The van der Waals surface area contributed by atoms with Crippen LogP contribution in [0.5, 0.6) is 0 Å². The fourth-order valence-corrected chi connectivity index (χ4v) is 3.37. The SMILES string of the molecule is COCCOC(=O)c1c(C)[nH]c(C(=O)N(CC(F)(F)F)c2nc(C)cs2)c1C. The van der Waals surface area contributed by atoms with Gasteiger partial charge in [0.15, 0.2) is 5.13 Å². The molecule has 0 aliphatic rings. The van der Waals surface area contributed by atoms with E-state index in [0.29, 0.717) is 16.3 Å². The Balaban J connectivity index is 2.37. The molecule has 2 heterocycles. The molecule has 7 nitrogen and oxygen atoms in total. The number of aromatic nitrogens is 2. The number of hydrogen-bond donors (Lipinski definition) is 1. The number of aryl methyl sites for hydroxylation is 2. The molecule has 0 fully saturated rings.